The Balaban J connectivity index is 1.72. The van der Waals surface area contributed by atoms with E-state index in [2.05, 4.69) is 25.7 Å². The van der Waals surface area contributed by atoms with Crippen LogP contribution in [-0.4, -0.2) is 66.2 Å². The Morgan fingerprint density at radius 1 is 1.03 bits per heavy atom. The lowest BCUT2D eigenvalue weighted by molar-refractivity contribution is -0.274. The van der Waals surface area contributed by atoms with Crippen molar-refractivity contribution in [3.05, 3.63) is 65.5 Å². The van der Waals surface area contributed by atoms with Crippen molar-refractivity contribution in [2.75, 3.05) is 33.0 Å². The Kier molecular flexibility index (Phi) is 9.99. The van der Waals surface area contributed by atoms with Crippen LogP contribution >= 0.6 is 0 Å². The molecule has 0 saturated heterocycles. The van der Waals surface area contributed by atoms with Crippen LogP contribution in [0.4, 0.5) is 17.6 Å². The van der Waals surface area contributed by atoms with E-state index in [0.717, 1.165) is 12.1 Å². The van der Waals surface area contributed by atoms with Crippen molar-refractivity contribution in [2.45, 2.75) is 19.8 Å². The van der Waals surface area contributed by atoms with Gasteiger partial charge in [0.25, 0.3) is 11.8 Å². The van der Waals surface area contributed by atoms with E-state index >= 15 is 0 Å². The van der Waals surface area contributed by atoms with Crippen molar-refractivity contribution in [1.29, 1.82) is 0 Å². The Labute approximate surface area is 214 Å². The molecule has 10 nitrogen and oxygen atoms in total. The van der Waals surface area contributed by atoms with Crippen LogP contribution in [-0.2, 0) is 11.3 Å². The van der Waals surface area contributed by atoms with Crippen molar-refractivity contribution in [2.24, 2.45) is 0 Å². The number of rotatable bonds is 13. The maximum absolute atomic E-state index is 12.6. The van der Waals surface area contributed by atoms with Gasteiger partial charge < -0.3 is 24.8 Å². The number of hydrogen-bond acceptors (Lipinski definition) is 7. The minimum Gasteiger partial charge on any atom is -0.489 e. The summed E-state index contributed by atoms with van der Waals surface area (Å²) in [6, 6.07) is 9.79. The zero-order valence-corrected chi connectivity index (χ0v) is 20.3. The Hall–Kier alpha value is -4.20. The molecule has 3 rings (SSSR count). The van der Waals surface area contributed by atoms with E-state index in [9.17, 15) is 27.2 Å². The van der Waals surface area contributed by atoms with Crippen molar-refractivity contribution < 1.29 is 41.4 Å². The highest BCUT2D eigenvalue weighted by Crippen LogP contribution is 2.25. The lowest BCUT2D eigenvalue weighted by Gasteiger charge is -2.13. The summed E-state index contributed by atoms with van der Waals surface area (Å²) in [4.78, 5) is 24.8. The fraction of sp³-hybridized carbons (Fsp3) is 0.333. The summed E-state index contributed by atoms with van der Waals surface area (Å²) in [7, 11) is 0. The number of carbonyl (C=O) groups excluding carboxylic acids is 2. The Morgan fingerprint density at radius 3 is 2.58 bits per heavy atom. The monoisotopic (exact) mass is 539 g/mol. The van der Waals surface area contributed by atoms with Gasteiger partial charge in [-0.3, -0.25) is 9.59 Å². The number of halogens is 4. The van der Waals surface area contributed by atoms with Gasteiger partial charge in [-0.2, -0.15) is 0 Å². The van der Waals surface area contributed by atoms with Crippen LogP contribution in [0.2, 0.25) is 0 Å². The van der Waals surface area contributed by atoms with Gasteiger partial charge in [0, 0.05) is 18.7 Å². The van der Waals surface area contributed by atoms with E-state index in [1.165, 1.54) is 29.1 Å². The van der Waals surface area contributed by atoms with Gasteiger partial charge >= 0.3 is 6.36 Å². The van der Waals surface area contributed by atoms with Gasteiger partial charge in [-0.05, 0) is 42.8 Å². The van der Waals surface area contributed by atoms with Crippen LogP contribution in [0.25, 0.3) is 5.69 Å². The van der Waals surface area contributed by atoms with Gasteiger partial charge in [0.05, 0.1) is 19.4 Å². The summed E-state index contributed by atoms with van der Waals surface area (Å²) in [6.45, 7) is 1.58. The van der Waals surface area contributed by atoms with E-state index < -0.39 is 24.7 Å². The molecule has 2 N–H and O–H groups in total. The highest BCUT2D eigenvalue weighted by Gasteiger charge is 2.31. The molecule has 3 aromatic rings. The molecule has 1 heterocycles. The first-order valence-corrected chi connectivity index (χ1v) is 11.4. The number of benzene rings is 2. The largest absolute Gasteiger partial charge is 0.573 e. The van der Waals surface area contributed by atoms with E-state index in [-0.39, 0.29) is 43.7 Å². The van der Waals surface area contributed by atoms with Crippen LogP contribution < -0.4 is 20.1 Å². The summed E-state index contributed by atoms with van der Waals surface area (Å²) in [6.07, 6.45) is -3.51. The number of nitrogens with zero attached hydrogens (tertiary/aromatic N) is 3. The minimum absolute atomic E-state index is 0.0605. The van der Waals surface area contributed by atoms with Crippen LogP contribution in [0, 0.1) is 0 Å². The summed E-state index contributed by atoms with van der Waals surface area (Å²) >= 11 is 0. The number of carbonyl (C=O) groups is 2. The molecule has 0 unspecified atom stereocenters. The van der Waals surface area contributed by atoms with E-state index in [0.29, 0.717) is 23.4 Å². The predicted molar refractivity (Wildman–Crippen MR) is 126 cm³/mol. The molecular formula is C24H25F4N5O5. The molecule has 0 fully saturated rings. The van der Waals surface area contributed by atoms with Crippen molar-refractivity contribution in [3.8, 4) is 17.2 Å². The number of hydrogen-bond donors (Lipinski definition) is 2. The second-order valence-corrected chi connectivity index (χ2v) is 7.62. The van der Waals surface area contributed by atoms with Crippen LogP contribution in [0.1, 0.15) is 33.3 Å². The second kappa shape index (κ2) is 13.4. The molecule has 2 aromatic carbocycles. The van der Waals surface area contributed by atoms with Gasteiger partial charge in [-0.25, -0.2) is 9.07 Å². The minimum atomic E-state index is -4.83. The third-order valence-corrected chi connectivity index (χ3v) is 4.82. The first-order valence-electron chi connectivity index (χ1n) is 11.4. The number of amides is 2. The number of alkyl halides is 4. The van der Waals surface area contributed by atoms with Gasteiger partial charge in [-0.15, -0.1) is 18.3 Å². The van der Waals surface area contributed by atoms with Gasteiger partial charge in [0.2, 0.25) is 0 Å². The number of nitrogens with one attached hydrogen (secondary N) is 2. The predicted octanol–water partition coefficient (Wildman–Crippen LogP) is 3.21. The molecule has 0 radical (unpaired) electrons. The normalized spacial score (nSPS) is 11.2. The van der Waals surface area contributed by atoms with Gasteiger partial charge in [0.1, 0.15) is 30.5 Å². The zero-order chi connectivity index (χ0) is 27.5. The summed E-state index contributed by atoms with van der Waals surface area (Å²) < 4.78 is 65.5. The van der Waals surface area contributed by atoms with Crippen molar-refractivity contribution >= 4 is 11.8 Å². The van der Waals surface area contributed by atoms with E-state index in [1.54, 1.807) is 19.1 Å². The summed E-state index contributed by atoms with van der Waals surface area (Å²) in [5, 5.41) is 13.0. The first kappa shape index (κ1) is 28.4. The third kappa shape index (κ3) is 8.44. The SMILES string of the molecule is CCNC(=O)c1ccc(-n2cc(C(=O)NCc3cccc(OC(F)(F)F)c3)nn2)c(OCCOCCF)c1. The van der Waals surface area contributed by atoms with Gasteiger partial charge in [0.15, 0.2) is 5.69 Å². The average molecular weight is 539 g/mol. The lowest BCUT2D eigenvalue weighted by atomic mass is 10.1. The number of ether oxygens (including phenoxy) is 3. The Bertz CT molecular complexity index is 1230. The third-order valence-electron chi connectivity index (χ3n) is 4.82. The summed E-state index contributed by atoms with van der Waals surface area (Å²) in [5.74, 6) is -1.11. The fourth-order valence-corrected chi connectivity index (χ4v) is 3.20. The molecule has 14 heteroatoms. The highest BCUT2D eigenvalue weighted by atomic mass is 19.4. The molecule has 2 amide bonds. The Morgan fingerprint density at radius 2 is 1.84 bits per heavy atom. The molecule has 204 valence electrons. The highest BCUT2D eigenvalue weighted by molar-refractivity contribution is 5.95. The molecule has 0 atom stereocenters. The molecule has 0 aliphatic carbocycles. The molecule has 0 aliphatic heterocycles. The number of aromatic nitrogens is 3. The molecule has 1 aromatic heterocycles. The zero-order valence-electron chi connectivity index (χ0n) is 20.3. The average Bonchev–Trinajstić information content (AvgIpc) is 3.37. The van der Waals surface area contributed by atoms with E-state index in [4.69, 9.17) is 9.47 Å². The molecule has 0 bridgehead atoms. The van der Waals surface area contributed by atoms with Crippen molar-refractivity contribution in [1.82, 2.24) is 25.6 Å². The van der Waals surface area contributed by atoms with Gasteiger partial charge in [-0.1, -0.05) is 17.3 Å². The maximum Gasteiger partial charge on any atom is 0.573 e. The second-order valence-electron chi connectivity index (χ2n) is 7.62. The topological polar surface area (TPSA) is 117 Å². The fourth-order valence-electron chi connectivity index (χ4n) is 3.20. The quantitative estimate of drug-likeness (QED) is 0.253. The van der Waals surface area contributed by atoms with Crippen molar-refractivity contribution in [3.63, 3.8) is 0 Å². The summed E-state index contributed by atoms with van der Waals surface area (Å²) in [5.41, 5.74) is 0.994. The molecular weight excluding hydrogens is 514 g/mol. The standard InChI is InChI=1S/C24H25F4N5O5/c1-2-29-22(34)17-6-7-20(21(13-17)37-11-10-36-9-8-25)33-15-19(31-32-33)23(35)30-14-16-4-3-5-18(12-16)38-24(26,27)28/h3-7,12-13,15H,2,8-11,14H2,1H3,(H,29,34)(H,30,35). The molecule has 0 aliphatic rings. The van der Waals surface area contributed by atoms with Crippen LogP contribution in [0.15, 0.2) is 48.7 Å². The maximum atomic E-state index is 12.6. The van der Waals surface area contributed by atoms with E-state index in [1.807, 2.05) is 0 Å². The molecule has 0 spiro atoms. The smallest absolute Gasteiger partial charge is 0.489 e. The molecule has 0 saturated carbocycles. The van der Waals surface area contributed by atoms with Crippen LogP contribution in [0.3, 0.4) is 0 Å². The first-order chi connectivity index (χ1) is 18.2. The lowest BCUT2D eigenvalue weighted by Crippen LogP contribution is -2.23. The van der Waals surface area contributed by atoms with Crippen LogP contribution in [0.5, 0.6) is 11.5 Å². The molecule has 38 heavy (non-hydrogen) atoms.